The Morgan fingerprint density at radius 2 is 1.87 bits per heavy atom. The second-order valence-electron chi connectivity index (χ2n) is 5.09. The molecule has 0 saturated heterocycles. The Morgan fingerprint density at radius 1 is 1.17 bits per heavy atom. The van der Waals surface area contributed by atoms with Crippen molar-refractivity contribution in [3.8, 4) is 17.1 Å². The number of carboxylic acids is 1. The summed E-state index contributed by atoms with van der Waals surface area (Å²) in [5.74, 6) is -0.542. The number of hydrogen-bond donors (Lipinski definition) is 1. The third-order valence-electron chi connectivity index (χ3n) is 3.67. The zero-order valence-corrected chi connectivity index (χ0v) is 13.3. The Kier molecular flexibility index (Phi) is 4.17. The number of carboxylic acid groups (broad SMARTS) is 1. The number of rotatable bonds is 4. The second kappa shape index (κ2) is 6.26. The molecule has 0 atom stereocenters. The Bertz CT molecular complexity index is 871. The Morgan fingerprint density at radius 3 is 2.57 bits per heavy atom. The number of aromatic nitrogens is 2. The van der Waals surface area contributed by atoms with E-state index in [2.05, 4.69) is 11.9 Å². The molecule has 0 saturated carbocycles. The molecule has 1 N–H and O–H groups in total. The van der Waals surface area contributed by atoms with E-state index in [0.29, 0.717) is 16.4 Å². The third kappa shape index (κ3) is 2.85. The minimum absolute atomic E-state index is 0.00849. The monoisotopic (exact) mass is 326 g/mol. The number of aryl methyl sites for hydroxylation is 1. The van der Waals surface area contributed by atoms with Crippen molar-refractivity contribution in [1.29, 1.82) is 0 Å². The van der Waals surface area contributed by atoms with Crippen LogP contribution in [0.2, 0.25) is 5.02 Å². The lowest BCUT2D eigenvalue weighted by atomic mass is 10.1. The Hall–Kier alpha value is -2.59. The minimum Gasteiger partial charge on any atom is -0.476 e. The molecule has 0 unspecified atom stereocenters. The van der Waals surface area contributed by atoms with Gasteiger partial charge in [0.1, 0.15) is 5.82 Å². The first-order chi connectivity index (χ1) is 11.1. The molecule has 4 nitrogen and oxygen atoms in total. The van der Waals surface area contributed by atoms with E-state index < -0.39 is 5.97 Å². The lowest BCUT2D eigenvalue weighted by Gasteiger charge is -2.12. The molecule has 0 aliphatic rings. The number of para-hydroxylation sites is 1. The maximum absolute atomic E-state index is 11.4. The van der Waals surface area contributed by atoms with Crippen LogP contribution in [-0.2, 0) is 6.42 Å². The van der Waals surface area contributed by atoms with Crippen molar-refractivity contribution >= 4 is 17.6 Å². The van der Waals surface area contributed by atoms with Gasteiger partial charge < -0.3 is 5.11 Å². The van der Waals surface area contributed by atoms with Gasteiger partial charge >= 0.3 is 5.97 Å². The third-order valence-corrected chi connectivity index (χ3v) is 4.00. The van der Waals surface area contributed by atoms with Crippen molar-refractivity contribution < 1.29 is 9.90 Å². The normalized spacial score (nSPS) is 10.7. The highest BCUT2D eigenvalue weighted by Crippen LogP contribution is 2.30. The van der Waals surface area contributed by atoms with Gasteiger partial charge in [0.25, 0.3) is 0 Å². The van der Waals surface area contributed by atoms with Crippen molar-refractivity contribution in [2.24, 2.45) is 0 Å². The number of aromatic carboxylic acids is 1. The van der Waals surface area contributed by atoms with Crippen molar-refractivity contribution in [3.63, 3.8) is 0 Å². The highest BCUT2D eigenvalue weighted by Gasteiger charge is 2.18. The maximum atomic E-state index is 11.4. The molecule has 0 bridgehead atoms. The van der Waals surface area contributed by atoms with Crippen LogP contribution < -0.4 is 0 Å². The van der Waals surface area contributed by atoms with Crippen LogP contribution in [0.4, 0.5) is 0 Å². The second-order valence-corrected chi connectivity index (χ2v) is 5.49. The molecule has 0 amide bonds. The Labute approximate surface area is 139 Å². The van der Waals surface area contributed by atoms with E-state index in [1.807, 2.05) is 42.5 Å². The van der Waals surface area contributed by atoms with Crippen LogP contribution in [0.1, 0.15) is 23.0 Å². The van der Waals surface area contributed by atoms with E-state index in [4.69, 9.17) is 11.6 Å². The lowest BCUT2D eigenvalue weighted by Crippen LogP contribution is -2.00. The molecule has 23 heavy (non-hydrogen) atoms. The standard InChI is InChI=1S/C18H15ClN2O2/c1-2-12-7-3-6-10-16(12)21-11-15(18(22)23)20-17(21)13-8-4-5-9-14(13)19/h3-11H,2H2,1H3,(H,22,23). The summed E-state index contributed by atoms with van der Waals surface area (Å²) in [7, 11) is 0. The van der Waals surface area contributed by atoms with Crippen LogP contribution in [0.5, 0.6) is 0 Å². The topological polar surface area (TPSA) is 55.1 Å². The number of hydrogen-bond acceptors (Lipinski definition) is 2. The minimum atomic E-state index is -1.06. The predicted molar refractivity (Wildman–Crippen MR) is 90.3 cm³/mol. The van der Waals surface area contributed by atoms with Crippen LogP contribution in [0.25, 0.3) is 17.1 Å². The fourth-order valence-electron chi connectivity index (χ4n) is 2.54. The van der Waals surface area contributed by atoms with Gasteiger partial charge in [-0.3, -0.25) is 4.57 Å². The summed E-state index contributed by atoms with van der Waals surface area (Å²) in [5.41, 5.74) is 2.71. The molecule has 1 heterocycles. The molecular weight excluding hydrogens is 312 g/mol. The Balaban J connectivity index is 2.28. The average molecular weight is 327 g/mol. The molecule has 3 aromatic rings. The molecule has 5 heteroatoms. The van der Waals surface area contributed by atoms with Crippen LogP contribution in [0.3, 0.4) is 0 Å². The molecule has 1 aromatic heterocycles. The van der Waals surface area contributed by atoms with E-state index in [0.717, 1.165) is 17.7 Å². The number of imidazole rings is 1. The molecule has 116 valence electrons. The van der Waals surface area contributed by atoms with E-state index in [9.17, 15) is 9.90 Å². The predicted octanol–water partition coefficient (Wildman–Crippen LogP) is 4.45. The molecular formula is C18H15ClN2O2. The smallest absolute Gasteiger partial charge is 0.356 e. The van der Waals surface area contributed by atoms with Crippen LogP contribution in [-0.4, -0.2) is 20.6 Å². The largest absolute Gasteiger partial charge is 0.476 e. The quantitative estimate of drug-likeness (QED) is 0.770. The summed E-state index contributed by atoms with van der Waals surface area (Å²) < 4.78 is 1.80. The molecule has 2 aromatic carbocycles. The summed E-state index contributed by atoms with van der Waals surface area (Å²) >= 11 is 6.28. The zero-order valence-electron chi connectivity index (χ0n) is 12.5. The molecule has 0 spiro atoms. The SMILES string of the molecule is CCc1ccccc1-n1cc(C(=O)O)nc1-c1ccccc1Cl. The summed E-state index contributed by atoms with van der Waals surface area (Å²) in [6.45, 7) is 2.06. The van der Waals surface area contributed by atoms with Gasteiger partial charge in [-0.1, -0.05) is 48.9 Å². The highest BCUT2D eigenvalue weighted by atomic mass is 35.5. The van der Waals surface area contributed by atoms with Crippen LogP contribution >= 0.6 is 11.6 Å². The average Bonchev–Trinajstić information content (AvgIpc) is 3.00. The fourth-order valence-corrected chi connectivity index (χ4v) is 2.76. The van der Waals surface area contributed by atoms with Gasteiger partial charge in [-0.05, 0) is 30.2 Å². The molecule has 0 radical (unpaired) electrons. The van der Waals surface area contributed by atoms with E-state index in [1.165, 1.54) is 6.20 Å². The number of halogens is 1. The van der Waals surface area contributed by atoms with E-state index in [-0.39, 0.29) is 5.69 Å². The van der Waals surface area contributed by atoms with E-state index >= 15 is 0 Å². The summed E-state index contributed by atoms with van der Waals surface area (Å²) in [5, 5.41) is 9.84. The molecule has 3 rings (SSSR count). The van der Waals surface area contributed by atoms with E-state index in [1.54, 1.807) is 10.6 Å². The molecule has 0 aliphatic heterocycles. The number of carbonyl (C=O) groups is 1. The highest BCUT2D eigenvalue weighted by molar-refractivity contribution is 6.33. The van der Waals surface area contributed by atoms with Gasteiger partial charge in [0, 0.05) is 11.8 Å². The summed E-state index contributed by atoms with van der Waals surface area (Å²) in [6.07, 6.45) is 2.37. The van der Waals surface area contributed by atoms with Crippen molar-refractivity contribution in [3.05, 3.63) is 71.0 Å². The van der Waals surface area contributed by atoms with Crippen LogP contribution in [0.15, 0.2) is 54.7 Å². The molecule has 0 aliphatic carbocycles. The van der Waals surface area contributed by atoms with Crippen molar-refractivity contribution in [2.75, 3.05) is 0 Å². The van der Waals surface area contributed by atoms with Gasteiger partial charge in [0.15, 0.2) is 5.69 Å². The maximum Gasteiger partial charge on any atom is 0.356 e. The first-order valence-corrected chi connectivity index (χ1v) is 7.65. The first kappa shape index (κ1) is 15.3. The first-order valence-electron chi connectivity index (χ1n) is 7.27. The summed E-state index contributed by atoms with van der Waals surface area (Å²) in [6, 6.07) is 15.1. The lowest BCUT2D eigenvalue weighted by molar-refractivity contribution is 0.0691. The summed E-state index contributed by atoms with van der Waals surface area (Å²) in [4.78, 5) is 15.6. The number of nitrogens with zero attached hydrogens (tertiary/aromatic N) is 2. The van der Waals surface area contributed by atoms with Gasteiger partial charge in [-0.2, -0.15) is 0 Å². The number of benzene rings is 2. The van der Waals surface area contributed by atoms with Gasteiger partial charge in [-0.25, -0.2) is 9.78 Å². The van der Waals surface area contributed by atoms with Gasteiger partial charge in [0.2, 0.25) is 0 Å². The van der Waals surface area contributed by atoms with Crippen molar-refractivity contribution in [1.82, 2.24) is 9.55 Å². The fraction of sp³-hybridized carbons (Fsp3) is 0.111. The van der Waals surface area contributed by atoms with Gasteiger partial charge in [0.05, 0.1) is 10.7 Å². The van der Waals surface area contributed by atoms with Gasteiger partial charge in [-0.15, -0.1) is 0 Å². The van der Waals surface area contributed by atoms with Crippen molar-refractivity contribution in [2.45, 2.75) is 13.3 Å². The zero-order chi connectivity index (χ0) is 16.4. The molecule has 0 fully saturated rings. The van der Waals surface area contributed by atoms with Crippen LogP contribution in [0, 0.1) is 0 Å².